The van der Waals surface area contributed by atoms with Crippen LogP contribution < -0.4 is 5.32 Å². The molecule has 1 amide bonds. The molecule has 0 fully saturated rings. The summed E-state index contributed by atoms with van der Waals surface area (Å²) in [6.45, 7) is 5.54. The Bertz CT molecular complexity index is 1100. The smallest absolute Gasteiger partial charge is 0.407 e. The minimum Gasteiger partial charge on any atom is -0.496 e. The number of amides is 1. The predicted molar refractivity (Wildman–Crippen MR) is 148 cm³/mol. The third-order valence-corrected chi connectivity index (χ3v) is 5.86. The fourth-order valence-corrected chi connectivity index (χ4v) is 4.51. The first kappa shape index (κ1) is 27.6. The van der Waals surface area contributed by atoms with Gasteiger partial charge in [0.25, 0.3) is 0 Å². The van der Waals surface area contributed by atoms with E-state index in [1.807, 2.05) is 63.2 Å². The number of methoxy groups -OCH3 is 1. The summed E-state index contributed by atoms with van der Waals surface area (Å²) < 4.78 is 11.2. The molecular weight excluding hydrogens is 493 g/mol. The monoisotopic (exact) mass is 524 g/mol. The first-order valence-corrected chi connectivity index (χ1v) is 12.5. The van der Waals surface area contributed by atoms with E-state index in [4.69, 9.17) is 32.7 Å². The second kappa shape index (κ2) is 12.8. The average molecular weight is 525 g/mol. The molecule has 0 saturated carbocycles. The van der Waals surface area contributed by atoms with Gasteiger partial charge in [-0.1, -0.05) is 83.9 Å². The zero-order valence-corrected chi connectivity index (χ0v) is 22.5. The third-order valence-electron chi connectivity index (χ3n) is 5.42. The largest absolute Gasteiger partial charge is 0.496 e. The summed E-state index contributed by atoms with van der Waals surface area (Å²) in [7, 11) is 1.60. The summed E-state index contributed by atoms with van der Waals surface area (Å²) in [4.78, 5) is 12.9. The van der Waals surface area contributed by atoms with Crippen LogP contribution in [-0.2, 0) is 9.47 Å². The van der Waals surface area contributed by atoms with Crippen molar-refractivity contribution in [2.45, 2.75) is 44.8 Å². The molecule has 0 heterocycles. The SMILES string of the molecule is COC(=CC[CH]C(NC(=O)OC(C)(C)C)C(c1ccccc1)c1ccccc1)c1cc(Cl)cc(Cl)c1. The van der Waals surface area contributed by atoms with Crippen molar-refractivity contribution in [3.05, 3.63) is 118 Å². The van der Waals surface area contributed by atoms with Gasteiger partial charge in [0.05, 0.1) is 7.11 Å². The lowest BCUT2D eigenvalue weighted by Gasteiger charge is -2.30. The Morgan fingerprint density at radius 1 is 0.917 bits per heavy atom. The summed E-state index contributed by atoms with van der Waals surface area (Å²) in [5.41, 5.74) is 2.33. The number of nitrogens with one attached hydrogen (secondary N) is 1. The summed E-state index contributed by atoms with van der Waals surface area (Å²) in [6, 6.07) is 25.2. The van der Waals surface area contributed by atoms with Crippen LogP contribution in [0, 0.1) is 6.42 Å². The topological polar surface area (TPSA) is 47.6 Å². The lowest BCUT2D eigenvalue weighted by atomic mass is 9.83. The van der Waals surface area contributed by atoms with Crippen LogP contribution in [0.15, 0.2) is 84.9 Å². The van der Waals surface area contributed by atoms with Gasteiger partial charge in [0.2, 0.25) is 0 Å². The summed E-state index contributed by atoms with van der Waals surface area (Å²) in [5, 5.41) is 4.15. The molecule has 0 aliphatic carbocycles. The Labute approximate surface area is 224 Å². The molecule has 36 heavy (non-hydrogen) atoms. The quantitative estimate of drug-likeness (QED) is 0.286. The van der Waals surface area contributed by atoms with Crippen molar-refractivity contribution in [2.75, 3.05) is 7.11 Å². The zero-order valence-electron chi connectivity index (χ0n) is 21.0. The average Bonchev–Trinajstić information content (AvgIpc) is 2.81. The minimum absolute atomic E-state index is 0.125. The first-order chi connectivity index (χ1) is 17.2. The number of rotatable bonds is 9. The lowest BCUT2D eigenvalue weighted by molar-refractivity contribution is 0.0507. The van der Waals surface area contributed by atoms with Crippen molar-refractivity contribution in [3.63, 3.8) is 0 Å². The number of carbonyl (C=O) groups is 1. The van der Waals surface area contributed by atoms with Crippen LogP contribution in [0.3, 0.4) is 0 Å². The number of carbonyl (C=O) groups excluding carboxylic acids is 1. The van der Waals surface area contributed by atoms with Crippen molar-refractivity contribution in [3.8, 4) is 0 Å². The molecule has 1 radical (unpaired) electrons. The Hall–Kier alpha value is -2.95. The maximum Gasteiger partial charge on any atom is 0.407 e. The second-order valence-corrected chi connectivity index (χ2v) is 10.2. The van der Waals surface area contributed by atoms with Gasteiger partial charge in [0.1, 0.15) is 11.4 Å². The van der Waals surface area contributed by atoms with E-state index in [9.17, 15) is 4.79 Å². The van der Waals surface area contributed by atoms with Gasteiger partial charge in [-0.05, 0) is 69.0 Å². The second-order valence-electron chi connectivity index (χ2n) is 9.37. The molecule has 0 spiro atoms. The molecule has 0 aromatic heterocycles. The van der Waals surface area contributed by atoms with Crippen molar-refractivity contribution >= 4 is 35.1 Å². The normalized spacial score (nSPS) is 12.8. The maximum atomic E-state index is 12.9. The Kier molecular flexibility index (Phi) is 9.86. The van der Waals surface area contributed by atoms with Crippen LogP contribution in [0.25, 0.3) is 5.76 Å². The fourth-order valence-electron chi connectivity index (χ4n) is 3.99. The Morgan fingerprint density at radius 3 is 1.92 bits per heavy atom. The van der Waals surface area contributed by atoms with Crippen molar-refractivity contribution in [2.24, 2.45) is 0 Å². The summed E-state index contributed by atoms with van der Waals surface area (Å²) in [6.07, 6.45) is 4.04. The molecular formula is C30H32Cl2NO3. The van der Waals surface area contributed by atoms with Crippen LogP contribution in [0.2, 0.25) is 10.0 Å². The third kappa shape index (κ3) is 8.32. The highest BCUT2D eigenvalue weighted by molar-refractivity contribution is 6.34. The molecule has 6 heteroatoms. The molecule has 0 aliphatic heterocycles. The highest BCUT2D eigenvalue weighted by atomic mass is 35.5. The lowest BCUT2D eigenvalue weighted by Crippen LogP contribution is -2.43. The molecule has 189 valence electrons. The number of ether oxygens (including phenoxy) is 2. The van der Waals surface area contributed by atoms with Gasteiger partial charge in [-0.3, -0.25) is 0 Å². The number of hydrogen-bond acceptors (Lipinski definition) is 3. The summed E-state index contributed by atoms with van der Waals surface area (Å²) >= 11 is 12.4. The van der Waals surface area contributed by atoms with Gasteiger partial charge >= 0.3 is 6.09 Å². The first-order valence-electron chi connectivity index (χ1n) is 11.8. The van der Waals surface area contributed by atoms with E-state index < -0.39 is 11.7 Å². The number of halogens is 2. The molecule has 0 bridgehead atoms. The van der Waals surface area contributed by atoms with Crippen molar-refractivity contribution in [1.82, 2.24) is 5.32 Å². The van der Waals surface area contributed by atoms with Gasteiger partial charge in [-0.15, -0.1) is 0 Å². The zero-order chi connectivity index (χ0) is 26.1. The predicted octanol–water partition coefficient (Wildman–Crippen LogP) is 8.30. The molecule has 3 aromatic carbocycles. The van der Waals surface area contributed by atoms with E-state index in [2.05, 4.69) is 36.0 Å². The Morgan fingerprint density at radius 2 is 1.44 bits per heavy atom. The van der Waals surface area contributed by atoms with E-state index in [0.717, 1.165) is 16.7 Å². The number of benzene rings is 3. The van der Waals surface area contributed by atoms with E-state index in [1.54, 1.807) is 25.3 Å². The summed E-state index contributed by atoms with van der Waals surface area (Å²) in [5.74, 6) is 0.516. The van der Waals surface area contributed by atoms with Gasteiger partial charge in [0, 0.05) is 27.6 Å². The van der Waals surface area contributed by atoms with Crippen LogP contribution in [0.1, 0.15) is 49.8 Å². The standard InChI is InChI=1S/C30H32Cl2NO3/c1-30(2,3)36-29(34)33-26(16-11-17-27(35-4)23-18-24(31)20-25(32)19-23)28(21-12-7-5-8-13-21)22-14-9-6-10-15-22/h5-10,12-20,26,28H,11H2,1-4H3,(H,33,34). The molecule has 0 aliphatic rings. The number of hydrogen-bond donors (Lipinski definition) is 1. The van der Waals surface area contributed by atoms with Crippen molar-refractivity contribution in [1.29, 1.82) is 0 Å². The molecule has 1 unspecified atom stereocenters. The van der Waals surface area contributed by atoms with E-state index in [1.165, 1.54) is 0 Å². The number of allylic oxidation sites excluding steroid dienone is 1. The number of alkyl carbamates (subject to hydrolysis) is 1. The highest BCUT2D eigenvalue weighted by Gasteiger charge is 2.28. The van der Waals surface area contributed by atoms with Gasteiger partial charge in [-0.25, -0.2) is 4.79 Å². The highest BCUT2D eigenvalue weighted by Crippen LogP contribution is 2.31. The van der Waals surface area contributed by atoms with Crippen LogP contribution >= 0.6 is 23.2 Å². The molecule has 3 rings (SSSR count). The molecule has 1 atom stereocenters. The Balaban J connectivity index is 1.93. The minimum atomic E-state index is -0.613. The van der Waals surface area contributed by atoms with E-state index >= 15 is 0 Å². The van der Waals surface area contributed by atoms with E-state index in [-0.39, 0.29) is 12.0 Å². The van der Waals surface area contributed by atoms with Crippen molar-refractivity contribution < 1.29 is 14.3 Å². The van der Waals surface area contributed by atoms with Crippen LogP contribution in [-0.4, -0.2) is 24.8 Å². The molecule has 1 N–H and O–H groups in total. The molecule has 0 saturated heterocycles. The van der Waals surface area contributed by atoms with Gasteiger partial charge < -0.3 is 14.8 Å². The van der Waals surface area contributed by atoms with E-state index in [0.29, 0.717) is 22.2 Å². The van der Waals surface area contributed by atoms with Crippen LogP contribution in [0.5, 0.6) is 0 Å². The van der Waals surface area contributed by atoms with Crippen LogP contribution in [0.4, 0.5) is 4.79 Å². The van der Waals surface area contributed by atoms with Gasteiger partial charge in [0.15, 0.2) is 0 Å². The van der Waals surface area contributed by atoms with Gasteiger partial charge in [-0.2, -0.15) is 0 Å². The molecule has 3 aromatic rings. The maximum absolute atomic E-state index is 12.9. The fraction of sp³-hybridized carbons (Fsp3) is 0.267. The molecule has 4 nitrogen and oxygen atoms in total.